The number of rotatable bonds is 5. The molecule has 3 heterocycles. The van der Waals surface area contributed by atoms with Crippen molar-refractivity contribution in [2.45, 2.75) is 25.3 Å². The van der Waals surface area contributed by atoms with Gasteiger partial charge < -0.3 is 14.9 Å². The Balaban J connectivity index is 1.69. The molecule has 0 radical (unpaired) electrons. The lowest BCUT2D eigenvalue weighted by atomic mass is 9.86. The number of likely N-dealkylation sites (tertiary alicyclic amines) is 1. The van der Waals surface area contributed by atoms with Crippen LogP contribution < -0.4 is 0 Å². The number of piperidine rings is 1. The molecular weight excluding hydrogens is 354 g/mol. The third-order valence-corrected chi connectivity index (χ3v) is 5.98. The number of carbonyl (C=O) groups is 1. The molecular formula is C18H30ClN5O2. The van der Waals surface area contributed by atoms with E-state index in [1.165, 1.54) is 0 Å². The first kappa shape index (κ1) is 19.6. The minimum absolute atomic E-state index is 0.0820. The van der Waals surface area contributed by atoms with Gasteiger partial charge in [-0.3, -0.25) is 14.4 Å². The van der Waals surface area contributed by atoms with Gasteiger partial charge in [0.15, 0.2) is 5.69 Å². The van der Waals surface area contributed by atoms with Crippen molar-refractivity contribution in [3.63, 3.8) is 0 Å². The average Bonchev–Trinajstić information content (AvgIpc) is 2.98. The van der Waals surface area contributed by atoms with Crippen LogP contribution >= 0.6 is 11.6 Å². The van der Waals surface area contributed by atoms with Crippen LogP contribution in [0.5, 0.6) is 0 Å². The van der Waals surface area contributed by atoms with Crippen molar-refractivity contribution in [2.75, 3.05) is 52.9 Å². The van der Waals surface area contributed by atoms with Gasteiger partial charge in [0.1, 0.15) is 0 Å². The minimum atomic E-state index is -0.0820. The van der Waals surface area contributed by atoms with Crippen LogP contribution in [0.3, 0.4) is 0 Å². The van der Waals surface area contributed by atoms with Crippen LogP contribution in [0.15, 0.2) is 6.20 Å². The predicted octanol–water partition coefficient (Wildman–Crippen LogP) is 0.924. The zero-order chi connectivity index (χ0) is 18.7. The Morgan fingerprint density at radius 2 is 2.00 bits per heavy atom. The summed E-state index contributed by atoms with van der Waals surface area (Å²) >= 11 is 6.17. The van der Waals surface area contributed by atoms with E-state index in [1.807, 2.05) is 4.90 Å². The summed E-state index contributed by atoms with van der Waals surface area (Å²) in [5.74, 6) is 0.298. The number of hydrogen-bond acceptors (Lipinski definition) is 5. The van der Waals surface area contributed by atoms with Crippen molar-refractivity contribution >= 4 is 17.5 Å². The second-order valence-corrected chi connectivity index (χ2v) is 7.98. The summed E-state index contributed by atoms with van der Waals surface area (Å²) in [6, 6.07) is 0.485. The van der Waals surface area contributed by atoms with Crippen LogP contribution in [0.1, 0.15) is 29.8 Å². The fourth-order valence-corrected chi connectivity index (χ4v) is 4.49. The number of halogens is 1. The van der Waals surface area contributed by atoms with E-state index in [1.54, 1.807) is 17.9 Å². The summed E-state index contributed by atoms with van der Waals surface area (Å²) in [4.78, 5) is 19.7. The number of aliphatic hydroxyl groups excluding tert-OH is 1. The van der Waals surface area contributed by atoms with Gasteiger partial charge in [-0.1, -0.05) is 11.6 Å². The molecule has 2 atom stereocenters. The SMILES string of the molecule is CN1CCN([C@@H]2CCN(C(=O)c3nn(C)cc3Cl)C[C@@H]2CCCO)CC1. The van der Waals surface area contributed by atoms with Gasteiger partial charge in [0, 0.05) is 65.2 Å². The fraction of sp³-hybridized carbons (Fsp3) is 0.778. The molecule has 1 aromatic heterocycles. The third kappa shape index (κ3) is 4.39. The molecule has 8 heteroatoms. The van der Waals surface area contributed by atoms with E-state index in [4.69, 9.17) is 11.6 Å². The van der Waals surface area contributed by atoms with E-state index in [2.05, 4.69) is 21.9 Å². The van der Waals surface area contributed by atoms with Crippen molar-refractivity contribution in [1.82, 2.24) is 24.5 Å². The van der Waals surface area contributed by atoms with Crippen LogP contribution in [0, 0.1) is 5.92 Å². The molecule has 0 spiro atoms. The van der Waals surface area contributed by atoms with E-state index < -0.39 is 0 Å². The molecule has 0 aliphatic carbocycles. The number of hydrogen-bond donors (Lipinski definition) is 1. The summed E-state index contributed by atoms with van der Waals surface area (Å²) in [5.41, 5.74) is 0.341. The zero-order valence-electron chi connectivity index (χ0n) is 15.8. The standard InChI is InChI=1S/C18H30ClN5O2/c1-21-7-9-23(10-8-21)16-5-6-24(12-14(16)4-3-11-25)18(26)17-15(19)13-22(2)20-17/h13-14,16,25H,3-12H2,1-2H3/t14-,16+/m0/s1. The monoisotopic (exact) mass is 383 g/mol. The number of aromatic nitrogens is 2. The van der Waals surface area contributed by atoms with Gasteiger partial charge in [0.2, 0.25) is 0 Å². The predicted molar refractivity (Wildman–Crippen MR) is 101 cm³/mol. The Morgan fingerprint density at radius 1 is 1.27 bits per heavy atom. The molecule has 2 aliphatic rings. The largest absolute Gasteiger partial charge is 0.396 e. The third-order valence-electron chi connectivity index (χ3n) is 5.71. The van der Waals surface area contributed by atoms with Crippen LogP contribution in [0.25, 0.3) is 0 Å². The Kier molecular flexibility index (Phi) is 6.55. The molecule has 1 aromatic rings. The lowest BCUT2D eigenvalue weighted by molar-refractivity contribution is 0.0215. The summed E-state index contributed by atoms with van der Waals surface area (Å²) < 4.78 is 1.58. The second-order valence-electron chi connectivity index (χ2n) is 7.57. The van der Waals surface area contributed by atoms with Gasteiger partial charge >= 0.3 is 0 Å². The highest BCUT2D eigenvalue weighted by Gasteiger charge is 2.36. The van der Waals surface area contributed by atoms with Gasteiger partial charge in [-0.15, -0.1) is 0 Å². The molecule has 7 nitrogen and oxygen atoms in total. The molecule has 0 saturated carbocycles. The second kappa shape index (κ2) is 8.69. The molecule has 26 heavy (non-hydrogen) atoms. The highest BCUT2D eigenvalue weighted by Crippen LogP contribution is 2.28. The van der Waals surface area contributed by atoms with E-state index in [9.17, 15) is 9.90 Å². The minimum Gasteiger partial charge on any atom is -0.396 e. The summed E-state index contributed by atoms with van der Waals surface area (Å²) in [7, 11) is 3.94. The average molecular weight is 384 g/mol. The molecule has 1 N–H and O–H groups in total. The van der Waals surface area contributed by atoms with Gasteiger partial charge in [-0.25, -0.2) is 0 Å². The first-order valence-corrected chi connectivity index (χ1v) is 9.89. The number of nitrogens with zero attached hydrogens (tertiary/aromatic N) is 5. The summed E-state index contributed by atoms with van der Waals surface area (Å²) in [6.45, 7) is 5.99. The molecule has 0 bridgehead atoms. The molecule has 2 fully saturated rings. The molecule has 2 saturated heterocycles. The van der Waals surface area contributed by atoms with Crippen molar-refractivity contribution in [2.24, 2.45) is 13.0 Å². The maximum absolute atomic E-state index is 12.9. The van der Waals surface area contributed by atoms with E-state index in [0.29, 0.717) is 29.2 Å². The molecule has 1 amide bonds. The number of aryl methyl sites for hydroxylation is 1. The van der Waals surface area contributed by atoms with Crippen molar-refractivity contribution in [3.8, 4) is 0 Å². The number of aliphatic hydroxyl groups is 1. The molecule has 3 rings (SSSR count). The van der Waals surface area contributed by atoms with E-state index in [-0.39, 0.29) is 12.5 Å². The smallest absolute Gasteiger partial charge is 0.275 e. The van der Waals surface area contributed by atoms with Crippen molar-refractivity contribution in [3.05, 3.63) is 16.9 Å². The highest BCUT2D eigenvalue weighted by molar-refractivity contribution is 6.33. The number of likely N-dealkylation sites (N-methyl/N-ethyl adjacent to an activating group) is 1. The van der Waals surface area contributed by atoms with Crippen LogP contribution in [-0.4, -0.2) is 94.5 Å². The first-order chi connectivity index (χ1) is 12.5. The Morgan fingerprint density at radius 3 is 2.62 bits per heavy atom. The van der Waals surface area contributed by atoms with Gasteiger partial charge in [0.05, 0.1) is 5.02 Å². The Hall–Kier alpha value is -1.15. The van der Waals surface area contributed by atoms with Gasteiger partial charge in [0.25, 0.3) is 5.91 Å². The molecule has 146 valence electrons. The first-order valence-electron chi connectivity index (χ1n) is 9.51. The maximum Gasteiger partial charge on any atom is 0.275 e. The maximum atomic E-state index is 12.9. The summed E-state index contributed by atoms with van der Waals surface area (Å²) in [6.07, 6.45) is 4.35. The lowest BCUT2D eigenvalue weighted by Crippen LogP contribution is -2.57. The van der Waals surface area contributed by atoms with Gasteiger partial charge in [-0.2, -0.15) is 5.10 Å². The number of carbonyl (C=O) groups excluding carboxylic acids is 1. The highest BCUT2D eigenvalue weighted by atomic mass is 35.5. The van der Waals surface area contributed by atoms with Crippen molar-refractivity contribution < 1.29 is 9.90 Å². The quantitative estimate of drug-likeness (QED) is 0.819. The topological polar surface area (TPSA) is 64.8 Å². The van der Waals surface area contributed by atoms with E-state index >= 15 is 0 Å². The van der Waals surface area contributed by atoms with Gasteiger partial charge in [-0.05, 0) is 32.2 Å². The Labute approximate surface area is 160 Å². The fourth-order valence-electron chi connectivity index (χ4n) is 4.23. The molecule has 0 unspecified atom stereocenters. The Bertz CT molecular complexity index is 615. The zero-order valence-corrected chi connectivity index (χ0v) is 16.5. The van der Waals surface area contributed by atoms with Crippen LogP contribution in [0.4, 0.5) is 0 Å². The lowest BCUT2D eigenvalue weighted by Gasteiger charge is -2.46. The molecule has 2 aliphatic heterocycles. The normalized spacial score (nSPS) is 25.6. The van der Waals surface area contributed by atoms with Crippen LogP contribution in [0.2, 0.25) is 5.02 Å². The molecule has 0 aromatic carbocycles. The van der Waals surface area contributed by atoms with Crippen LogP contribution in [-0.2, 0) is 7.05 Å². The van der Waals surface area contributed by atoms with E-state index in [0.717, 1.165) is 52.0 Å². The summed E-state index contributed by atoms with van der Waals surface area (Å²) in [5, 5.41) is 13.9. The number of amides is 1. The van der Waals surface area contributed by atoms with Crippen molar-refractivity contribution in [1.29, 1.82) is 0 Å². The number of piperazine rings is 1.